The molecule has 0 aliphatic rings. The number of aromatic nitrogens is 2. The van der Waals surface area contributed by atoms with Crippen LogP contribution >= 0.6 is 0 Å². The van der Waals surface area contributed by atoms with Crippen molar-refractivity contribution in [2.75, 3.05) is 5.32 Å². The minimum absolute atomic E-state index is 0.130. The van der Waals surface area contributed by atoms with Crippen molar-refractivity contribution in [1.82, 2.24) is 9.97 Å². The molecule has 0 spiro atoms. The van der Waals surface area contributed by atoms with Gasteiger partial charge in [0, 0.05) is 17.8 Å². The van der Waals surface area contributed by atoms with E-state index in [1.54, 1.807) is 0 Å². The fourth-order valence-corrected chi connectivity index (χ4v) is 1.63. The molecule has 1 aromatic rings. The lowest BCUT2D eigenvalue weighted by molar-refractivity contribution is 0.232. The Balaban J connectivity index is 2.74. The first-order valence-corrected chi connectivity index (χ1v) is 6.30. The Morgan fingerprint density at radius 2 is 2.00 bits per heavy atom. The number of hydrogen-bond acceptors (Lipinski definition) is 4. The standard InChI is InChI=1S/C13H23N3O/c1-6-7-10(4)14-13-15-11(5)8-12(16-13)17-9(2)3/h8-10H,6-7H2,1-5H3,(H,14,15,16). The van der Waals surface area contributed by atoms with Gasteiger partial charge in [-0.3, -0.25) is 0 Å². The Morgan fingerprint density at radius 1 is 1.29 bits per heavy atom. The minimum atomic E-state index is 0.130. The van der Waals surface area contributed by atoms with Gasteiger partial charge in [0.2, 0.25) is 11.8 Å². The van der Waals surface area contributed by atoms with Crippen LogP contribution in [0.2, 0.25) is 0 Å². The highest BCUT2D eigenvalue weighted by Gasteiger charge is 2.07. The summed E-state index contributed by atoms with van der Waals surface area (Å²) in [7, 11) is 0. The van der Waals surface area contributed by atoms with Gasteiger partial charge in [0.15, 0.2) is 0 Å². The average Bonchev–Trinajstić information content (AvgIpc) is 2.14. The SMILES string of the molecule is CCCC(C)Nc1nc(C)cc(OC(C)C)n1. The third-order valence-corrected chi connectivity index (χ3v) is 2.28. The first-order valence-electron chi connectivity index (χ1n) is 6.30. The molecule has 0 saturated heterocycles. The molecular formula is C13H23N3O. The van der Waals surface area contributed by atoms with Crippen LogP contribution in [-0.4, -0.2) is 22.1 Å². The molecule has 0 amide bonds. The summed E-state index contributed by atoms with van der Waals surface area (Å²) in [5.41, 5.74) is 0.918. The van der Waals surface area contributed by atoms with E-state index in [-0.39, 0.29) is 6.10 Å². The van der Waals surface area contributed by atoms with Gasteiger partial charge in [0.1, 0.15) is 0 Å². The summed E-state index contributed by atoms with van der Waals surface area (Å²) < 4.78 is 5.59. The quantitative estimate of drug-likeness (QED) is 0.825. The fourth-order valence-electron chi connectivity index (χ4n) is 1.63. The number of rotatable bonds is 6. The van der Waals surface area contributed by atoms with Crippen molar-refractivity contribution in [3.05, 3.63) is 11.8 Å². The fraction of sp³-hybridized carbons (Fsp3) is 0.692. The number of nitrogens with zero attached hydrogens (tertiary/aromatic N) is 2. The van der Waals surface area contributed by atoms with Gasteiger partial charge in [-0.2, -0.15) is 4.98 Å². The van der Waals surface area contributed by atoms with Crippen LogP contribution in [0, 0.1) is 6.92 Å². The summed E-state index contributed by atoms with van der Waals surface area (Å²) in [6, 6.07) is 2.24. The molecule has 1 rings (SSSR count). The monoisotopic (exact) mass is 237 g/mol. The third-order valence-electron chi connectivity index (χ3n) is 2.28. The highest BCUT2D eigenvalue weighted by Crippen LogP contribution is 2.14. The van der Waals surface area contributed by atoms with E-state index in [1.165, 1.54) is 0 Å². The lowest BCUT2D eigenvalue weighted by Gasteiger charge is -2.15. The third kappa shape index (κ3) is 5.02. The van der Waals surface area contributed by atoms with Crippen molar-refractivity contribution in [1.29, 1.82) is 0 Å². The van der Waals surface area contributed by atoms with Crippen molar-refractivity contribution >= 4 is 5.95 Å². The molecular weight excluding hydrogens is 214 g/mol. The molecule has 0 saturated carbocycles. The molecule has 4 nitrogen and oxygen atoms in total. The van der Waals surface area contributed by atoms with Crippen LogP contribution < -0.4 is 10.1 Å². The van der Waals surface area contributed by atoms with Crippen LogP contribution in [0.4, 0.5) is 5.95 Å². The van der Waals surface area contributed by atoms with E-state index in [0.717, 1.165) is 18.5 Å². The normalized spacial score (nSPS) is 12.6. The van der Waals surface area contributed by atoms with Crippen molar-refractivity contribution in [2.24, 2.45) is 0 Å². The van der Waals surface area contributed by atoms with E-state index in [1.807, 2.05) is 26.8 Å². The molecule has 0 aliphatic heterocycles. The van der Waals surface area contributed by atoms with E-state index in [2.05, 4.69) is 29.1 Å². The maximum Gasteiger partial charge on any atom is 0.226 e. The second kappa shape index (κ2) is 6.42. The molecule has 1 N–H and O–H groups in total. The number of anilines is 1. The maximum atomic E-state index is 5.59. The van der Waals surface area contributed by atoms with Crippen LogP contribution in [0.15, 0.2) is 6.07 Å². The molecule has 96 valence electrons. The average molecular weight is 237 g/mol. The lowest BCUT2D eigenvalue weighted by atomic mass is 10.2. The molecule has 0 radical (unpaired) electrons. The van der Waals surface area contributed by atoms with Crippen LogP contribution in [-0.2, 0) is 0 Å². The zero-order valence-corrected chi connectivity index (χ0v) is 11.4. The Bertz CT molecular complexity index is 353. The van der Waals surface area contributed by atoms with Crippen molar-refractivity contribution in [3.8, 4) is 5.88 Å². The molecule has 0 aromatic carbocycles. The maximum absolute atomic E-state index is 5.59. The molecule has 0 aliphatic carbocycles. The van der Waals surface area contributed by atoms with Crippen LogP contribution in [0.3, 0.4) is 0 Å². The first-order chi connectivity index (χ1) is 8.01. The highest BCUT2D eigenvalue weighted by molar-refractivity contribution is 5.31. The van der Waals surface area contributed by atoms with Gasteiger partial charge in [-0.15, -0.1) is 0 Å². The smallest absolute Gasteiger partial charge is 0.226 e. The van der Waals surface area contributed by atoms with E-state index in [4.69, 9.17) is 4.74 Å². The number of nitrogens with one attached hydrogen (secondary N) is 1. The Labute approximate surface area is 104 Å². The van der Waals surface area contributed by atoms with Gasteiger partial charge in [0.05, 0.1) is 6.10 Å². The van der Waals surface area contributed by atoms with Crippen LogP contribution in [0.25, 0.3) is 0 Å². The van der Waals surface area contributed by atoms with Gasteiger partial charge in [-0.05, 0) is 34.1 Å². The summed E-state index contributed by atoms with van der Waals surface area (Å²) in [5, 5.41) is 3.30. The second-order valence-electron chi connectivity index (χ2n) is 4.67. The van der Waals surface area contributed by atoms with Crippen LogP contribution in [0.1, 0.15) is 46.2 Å². The first kappa shape index (κ1) is 13.7. The Morgan fingerprint density at radius 3 is 2.59 bits per heavy atom. The van der Waals surface area contributed by atoms with Crippen molar-refractivity contribution < 1.29 is 4.74 Å². The van der Waals surface area contributed by atoms with Gasteiger partial charge in [-0.25, -0.2) is 4.98 Å². The summed E-state index contributed by atoms with van der Waals surface area (Å²) in [6.07, 6.45) is 2.39. The number of aryl methyl sites for hydroxylation is 1. The second-order valence-corrected chi connectivity index (χ2v) is 4.67. The minimum Gasteiger partial charge on any atom is -0.475 e. The largest absolute Gasteiger partial charge is 0.475 e. The van der Waals surface area contributed by atoms with Gasteiger partial charge >= 0.3 is 0 Å². The topological polar surface area (TPSA) is 47.0 Å². The summed E-state index contributed by atoms with van der Waals surface area (Å²) in [4.78, 5) is 8.71. The molecule has 1 unspecified atom stereocenters. The summed E-state index contributed by atoms with van der Waals surface area (Å²) in [6.45, 7) is 10.2. The van der Waals surface area contributed by atoms with Crippen molar-refractivity contribution in [2.45, 2.75) is 59.6 Å². The molecule has 17 heavy (non-hydrogen) atoms. The van der Waals surface area contributed by atoms with E-state index < -0.39 is 0 Å². The van der Waals surface area contributed by atoms with E-state index >= 15 is 0 Å². The Kier molecular flexibility index (Phi) is 5.19. The lowest BCUT2D eigenvalue weighted by Crippen LogP contribution is -2.17. The summed E-state index contributed by atoms with van der Waals surface area (Å²) >= 11 is 0. The van der Waals surface area contributed by atoms with Crippen molar-refractivity contribution in [3.63, 3.8) is 0 Å². The van der Waals surface area contributed by atoms with Crippen LogP contribution in [0.5, 0.6) is 5.88 Å². The predicted molar refractivity (Wildman–Crippen MR) is 70.5 cm³/mol. The van der Waals surface area contributed by atoms with E-state index in [0.29, 0.717) is 17.9 Å². The number of hydrogen-bond donors (Lipinski definition) is 1. The summed E-state index contributed by atoms with van der Waals surface area (Å²) in [5.74, 6) is 1.29. The van der Waals surface area contributed by atoms with Gasteiger partial charge in [0.25, 0.3) is 0 Å². The van der Waals surface area contributed by atoms with Gasteiger partial charge in [-0.1, -0.05) is 13.3 Å². The zero-order valence-electron chi connectivity index (χ0n) is 11.4. The molecule has 1 atom stereocenters. The molecule has 0 fully saturated rings. The Hall–Kier alpha value is -1.32. The molecule has 1 heterocycles. The van der Waals surface area contributed by atoms with E-state index in [9.17, 15) is 0 Å². The molecule has 1 aromatic heterocycles. The molecule has 4 heteroatoms. The molecule has 0 bridgehead atoms. The van der Waals surface area contributed by atoms with Gasteiger partial charge < -0.3 is 10.1 Å². The zero-order chi connectivity index (χ0) is 12.8. The predicted octanol–water partition coefficient (Wildman–Crippen LogP) is 3.17. The number of ether oxygens (including phenoxy) is 1. The highest BCUT2D eigenvalue weighted by atomic mass is 16.5.